The molecule has 0 atom stereocenters. The van der Waals surface area contributed by atoms with Gasteiger partial charge in [0, 0.05) is 37.9 Å². The largest absolute Gasteiger partial charge is 0.474 e. The molecular formula is C21H24N4O5S. The lowest BCUT2D eigenvalue weighted by Crippen LogP contribution is -2.41. The van der Waals surface area contributed by atoms with E-state index in [0.29, 0.717) is 62.1 Å². The van der Waals surface area contributed by atoms with Crippen molar-refractivity contribution >= 4 is 27.5 Å². The molecule has 2 aliphatic heterocycles. The molecule has 0 spiro atoms. The number of nitrogens with one attached hydrogen (secondary N) is 1. The smallest absolute Gasteiger partial charge is 0.285 e. The number of ether oxygens (including phenoxy) is 2. The summed E-state index contributed by atoms with van der Waals surface area (Å²) in [6.07, 6.45) is 2.78. The number of hydrogen-bond acceptors (Lipinski definition) is 7. The average molecular weight is 445 g/mol. The van der Waals surface area contributed by atoms with Gasteiger partial charge in [0.15, 0.2) is 5.84 Å². The number of carbonyl (C=O) groups excluding carboxylic acids is 1. The van der Waals surface area contributed by atoms with Crippen LogP contribution in [-0.4, -0.2) is 63.5 Å². The second-order valence-corrected chi connectivity index (χ2v) is 8.91. The summed E-state index contributed by atoms with van der Waals surface area (Å²) in [7, 11) is -2.07. The van der Waals surface area contributed by atoms with Crippen molar-refractivity contribution in [3.05, 3.63) is 48.2 Å². The molecule has 0 aliphatic carbocycles. The summed E-state index contributed by atoms with van der Waals surface area (Å²) in [6.45, 7) is 1.85. The molecule has 1 N–H and O–H groups in total. The Morgan fingerprint density at radius 1 is 1.16 bits per heavy atom. The summed E-state index contributed by atoms with van der Waals surface area (Å²) in [6, 6.07) is 10.3. The number of anilines is 1. The van der Waals surface area contributed by atoms with Crippen LogP contribution in [-0.2, 0) is 19.6 Å². The number of likely N-dealkylation sites (tertiary alicyclic amines) is 1. The fourth-order valence-corrected chi connectivity index (χ4v) is 4.96. The second-order valence-electron chi connectivity index (χ2n) is 7.33. The molecule has 1 amide bonds. The summed E-state index contributed by atoms with van der Waals surface area (Å²) >= 11 is 0. The first-order valence-electron chi connectivity index (χ1n) is 10.1. The highest BCUT2D eigenvalue weighted by molar-refractivity contribution is 7.90. The molecule has 10 heteroatoms. The highest BCUT2D eigenvalue weighted by atomic mass is 32.2. The molecule has 0 bridgehead atoms. The van der Waals surface area contributed by atoms with Crippen LogP contribution >= 0.6 is 0 Å². The molecule has 2 aromatic rings. The first-order chi connectivity index (χ1) is 15.0. The van der Waals surface area contributed by atoms with E-state index >= 15 is 0 Å². The lowest BCUT2D eigenvalue weighted by atomic mass is 9.95. The number of amidine groups is 1. The zero-order valence-electron chi connectivity index (χ0n) is 17.2. The number of aromatic nitrogens is 1. The van der Waals surface area contributed by atoms with Gasteiger partial charge >= 0.3 is 0 Å². The summed E-state index contributed by atoms with van der Waals surface area (Å²) < 4.78 is 39.1. The number of pyridine rings is 1. The molecule has 0 saturated carbocycles. The number of methoxy groups -OCH3 is 1. The number of amides is 1. The summed E-state index contributed by atoms with van der Waals surface area (Å²) in [5.41, 5.74) is 1.14. The van der Waals surface area contributed by atoms with Crippen LogP contribution in [0, 0.1) is 5.92 Å². The number of carbonyl (C=O) groups is 1. The number of nitrogens with zero attached hydrogens (tertiary/aromatic N) is 3. The molecule has 2 aliphatic rings. The summed E-state index contributed by atoms with van der Waals surface area (Å²) in [4.78, 5) is 19.2. The average Bonchev–Trinajstić information content (AvgIpc) is 3.06. The van der Waals surface area contributed by atoms with E-state index in [4.69, 9.17) is 9.47 Å². The van der Waals surface area contributed by atoms with Crippen molar-refractivity contribution in [1.82, 2.24) is 9.88 Å². The zero-order valence-corrected chi connectivity index (χ0v) is 18.0. The molecule has 0 unspecified atom stereocenters. The van der Waals surface area contributed by atoms with Gasteiger partial charge in [0.05, 0.1) is 6.61 Å². The second kappa shape index (κ2) is 9.03. The predicted molar refractivity (Wildman–Crippen MR) is 115 cm³/mol. The standard InChI is InChI=1S/C21H24N4O5S/c1-29-13-14-30-21-17(6-4-10-22-21)23-20(26)15-8-11-25(12-9-15)19-16-5-2-3-7-18(16)31(27,28)24-19/h2-7,10,15H,8-9,11-14H2,1H3,(H,23,26). The maximum Gasteiger partial charge on any atom is 0.285 e. The van der Waals surface area contributed by atoms with E-state index in [1.807, 2.05) is 4.90 Å². The van der Waals surface area contributed by atoms with Gasteiger partial charge in [0.1, 0.15) is 17.2 Å². The van der Waals surface area contributed by atoms with Gasteiger partial charge in [-0.15, -0.1) is 4.40 Å². The Balaban J connectivity index is 1.39. The van der Waals surface area contributed by atoms with E-state index in [-0.39, 0.29) is 16.7 Å². The van der Waals surface area contributed by atoms with Crippen molar-refractivity contribution in [1.29, 1.82) is 0 Å². The molecule has 31 heavy (non-hydrogen) atoms. The van der Waals surface area contributed by atoms with E-state index in [9.17, 15) is 13.2 Å². The molecule has 1 aromatic heterocycles. The van der Waals surface area contributed by atoms with Crippen LogP contribution in [0.5, 0.6) is 5.88 Å². The number of benzene rings is 1. The third-order valence-corrected chi connectivity index (χ3v) is 6.66. The Morgan fingerprint density at radius 2 is 1.94 bits per heavy atom. The van der Waals surface area contributed by atoms with Crippen LogP contribution in [0.3, 0.4) is 0 Å². The van der Waals surface area contributed by atoms with Crippen LogP contribution in [0.15, 0.2) is 51.9 Å². The van der Waals surface area contributed by atoms with Gasteiger partial charge in [-0.05, 0) is 37.1 Å². The molecular weight excluding hydrogens is 420 g/mol. The van der Waals surface area contributed by atoms with E-state index in [1.165, 1.54) is 0 Å². The fourth-order valence-electron chi connectivity index (χ4n) is 3.73. The Hall–Kier alpha value is -2.98. The number of rotatable bonds is 6. The van der Waals surface area contributed by atoms with Crippen LogP contribution in [0.25, 0.3) is 0 Å². The predicted octanol–water partition coefficient (Wildman–Crippen LogP) is 1.91. The third kappa shape index (κ3) is 4.54. The number of piperidine rings is 1. The van der Waals surface area contributed by atoms with Gasteiger partial charge < -0.3 is 19.7 Å². The van der Waals surface area contributed by atoms with Gasteiger partial charge in [-0.1, -0.05) is 12.1 Å². The minimum absolute atomic E-state index is 0.106. The van der Waals surface area contributed by atoms with Crippen molar-refractivity contribution in [3.63, 3.8) is 0 Å². The number of fused-ring (bicyclic) bond motifs is 1. The Morgan fingerprint density at radius 3 is 2.71 bits per heavy atom. The van der Waals surface area contributed by atoms with Gasteiger partial charge in [-0.2, -0.15) is 8.42 Å². The van der Waals surface area contributed by atoms with Crippen molar-refractivity contribution < 1.29 is 22.7 Å². The SMILES string of the molecule is COCCOc1ncccc1NC(=O)C1CCN(C2=NS(=O)(=O)c3ccccc32)CC1. The monoisotopic (exact) mass is 444 g/mol. The molecule has 164 valence electrons. The molecule has 1 aromatic carbocycles. The van der Waals surface area contributed by atoms with Gasteiger partial charge in [-0.3, -0.25) is 4.79 Å². The highest BCUT2D eigenvalue weighted by Crippen LogP contribution is 2.30. The fraction of sp³-hybridized carbons (Fsp3) is 0.381. The molecule has 1 saturated heterocycles. The first-order valence-corrected chi connectivity index (χ1v) is 11.5. The molecule has 4 rings (SSSR count). The van der Waals surface area contributed by atoms with Crippen LogP contribution in [0.4, 0.5) is 5.69 Å². The van der Waals surface area contributed by atoms with Gasteiger partial charge in [-0.25, -0.2) is 4.98 Å². The van der Waals surface area contributed by atoms with Crippen LogP contribution < -0.4 is 10.1 Å². The summed E-state index contributed by atoms with van der Waals surface area (Å²) in [5, 5.41) is 2.91. The van der Waals surface area contributed by atoms with Crippen molar-refractivity contribution in [2.45, 2.75) is 17.7 Å². The minimum Gasteiger partial charge on any atom is -0.474 e. The maximum absolute atomic E-state index is 12.8. The summed E-state index contributed by atoms with van der Waals surface area (Å²) in [5.74, 6) is 0.519. The van der Waals surface area contributed by atoms with Crippen molar-refractivity contribution in [2.75, 3.05) is 38.7 Å². The number of sulfonamides is 1. The van der Waals surface area contributed by atoms with E-state index in [2.05, 4.69) is 14.7 Å². The van der Waals surface area contributed by atoms with Crippen LogP contribution in [0.2, 0.25) is 0 Å². The molecule has 3 heterocycles. The lowest BCUT2D eigenvalue weighted by molar-refractivity contribution is -0.121. The van der Waals surface area contributed by atoms with E-state index in [0.717, 1.165) is 0 Å². The molecule has 1 fully saturated rings. The zero-order chi connectivity index (χ0) is 21.8. The van der Waals surface area contributed by atoms with Crippen LogP contribution in [0.1, 0.15) is 18.4 Å². The topological polar surface area (TPSA) is 110 Å². The minimum atomic E-state index is -3.65. The Labute approximate surface area is 181 Å². The van der Waals surface area contributed by atoms with E-state index in [1.54, 1.807) is 49.7 Å². The van der Waals surface area contributed by atoms with Gasteiger partial charge in [0.25, 0.3) is 10.0 Å². The van der Waals surface area contributed by atoms with Gasteiger partial charge in [0.2, 0.25) is 11.8 Å². The van der Waals surface area contributed by atoms with Crippen molar-refractivity contribution in [3.8, 4) is 5.88 Å². The third-order valence-electron chi connectivity index (χ3n) is 5.33. The normalized spacial score (nSPS) is 17.7. The highest BCUT2D eigenvalue weighted by Gasteiger charge is 2.34. The van der Waals surface area contributed by atoms with Crippen molar-refractivity contribution in [2.24, 2.45) is 10.3 Å². The van der Waals surface area contributed by atoms with E-state index < -0.39 is 10.0 Å². The Bertz CT molecular complexity index is 1090. The molecule has 0 radical (unpaired) electrons. The quantitative estimate of drug-likeness (QED) is 0.678. The Kier molecular flexibility index (Phi) is 6.19. The maximum atomic E-state index is 12.8. The molecule has 9 nitrogen and oxygen atoms in total. The lowest BCUT2D eigenvalue weighted by Gasteiger charge is -2.32. The first kappa shape index (κ1) is 21.3. The number of hydrogen-bond donors (Lipinski definition) is 1.